The molecule has 0 N–H and O–H groups in total. The lowest BCUT2D eigenvalue weighted by Crippen LogP contribution is -2.04. The Labute approximate surface area is 137 Å². The highest BCUT2D eigenvalue weighted by atomic mass is 79.9. The largest absolute Gasteiger partial charge is 0.0835 e. The van der Waals surface area contributed by atoms with Crippen molar-refractivity contribution in [1.82, 2.24) is 0 Å². The molecule has 2 aromatic carbocycles. The van der Waals surface area contributed by atoms with Crippen molar-refractivity contribution in [2.45, 2.75) is 36.9 Å². The molecule has 2 aromatic rings. The smallest absolute Gasteiger partial charge is 0.0435 e. The van der Waals surface area contributed by atoms with Gasteiger partial charge in [0.15, 0.2) is 0 Å². The fourth-order valence-electron chi connectivity index (χ4n) is 2.94. The van der Waals surface area contributed by atoms with E-state index in [2.05, 4.69) is 74.3 Å². The fraction of sp³-hybridized carbons (Fsp3) is 0.333. The average Bonchev–Trinajstić information content (AvgIpc) is 2.47. The minimum absolute atomic E-state index is 0.393. The number of hydrogen-bond donors (Lipinski definition) is 0. The third-order valence-electron chi connectivity index (χ3n) is 4.04. The van der Waals surface area contributed by atoms with Gasteiger partial charge in [0.25, 0.3) is 0 Å². The summed E-state index contributed by atoms with van der Waals surface area (Å²) < 4.78 is 1.15. The highest BCUT2D eigenvalue weighted by Gasteiger charge is 2.13. The van der Waals surface area contributed by atoms with Crippen LogP contribution in [0.2, 0.25) is 0 Å². The van der Waals surface area contributed by atoms with Gasteiger partial charge in [0.2, 0.25) is 0 Å². The van der Waals surface area contributed by atoms with E-state index in [1.165, 1.54) is 36.8 Å². The topological polar surface area (TPSA) is 0 Å². The maximum atomic E-state index is 3.86. The second-order valence-corrected chi connectivity index (χ2v) is 7.56. The molecule has 0 saturated carbocycles. The van der Waals surface area contributed by atoms with E-state index in [-0.39, 0.29) is 0 Å². The van der Waals surface area contributed by atoms with Crippen LogP contribution in [-0.4, -0.2) is 0 Å². The first-order valence-corrected chi connectivity index (χ1v) is 8.93. The van der Waals surface area contributed by atoms with Crippen molar-refractivity contribution < 1.29 is 0 Å². The van der Waals surface area contributed by atoms with E-state index in [0.29, 0.717) is 4.83 Å². The summed E-state index contributed by atoms with van der Waals surface area (Å²) in [5.41, 5.74) is 5.89. The van der Waals surface area contributed by atoms with Crippen molar-refractivity contribution in [3.8, 4) is 0 Å². The lowest BCUT2D eigenvalue weighted by Gasteiger charge is -2.18. The summed E-state index contributed by atoms with van der Waals surface area (Å²) in [5, 5.41) is 0. The van der Waals surface area contributed by atoms with E-state index in [1.807, 2.05) is 0 Å². The van der Waals surface area contributed by atoms with Crippen LogP contribution in [0.25, 0.3) is 0 Å². The Bertz CT molecular complexity index is 604. The van der Waals surface area contributed by atoms with Gasteiger partial charge in [0, 0.05) is 9.30 Å². The molecule has 2 heteroatoms. The van der Waals surface area contributed by atoms with E-state index < -0.39 is 0 Å². The summed E-state index contributed by atoms with van der Waals surface area (Å²) in [4.78, 5) is 0.393. The van der Waals surface area contributed by atoms with Crippen LogP contribution in [0, 0.1) is 0 Å². The van der Waals surface area contributed by atoms with Crippen molar-refractivity contribution in [1.29, 1.82) is 0 Å². The number of hydrogen-bond acceptors (Lipinski definition) is 0. The van der Waals surface area contributed by atoms with Crippen LogP contribution in [0.1, 0.15) is 39.9 Å². The zero-order valence-electron chi connectivity index (χ0n) is 11.4. The lowest BCUT2D eigenvalue weighted by atomic mass is 9.89. The number of benzene rings is 2. The molecule has 0 fully saturated rings. The van der Waals surface area contributed by atoms with E-state index in [0.717, 1.165) is 10.9 Å². The number of alkyl halides is 1. The van der Waals surface area contributed by atoms with Gasteiger partial charge in [-0.15, -0.1) is 0 Å². The Balaban J connectivity index is 1.78. The first-order valence-electron chi connectivity index (χ1n) is 7.22. The van der Waals surface area contributed by atoms with Crippen molar-refractivity contribution in [2.24, 2.45) is 0 Å². The molecule has 0 saturated heterocycles. The first-order chi connectivity index (χ1) is 9.72. The van der Waals surface area contributed by atoms with Crippen molar-refractivity contribution in [3.63, 3.8) is 0 Å². The quantitative estimate of drug-likeness (QED) is 0.560. The lowest BCUT2D eigenvalue weighted by molar-refractivity contribution is 0.684. The van der Waals surface area contributed by atoms with Crippen LogP contribution < -0.4 is 0 Å². The molecule has 0 spiro atoms. The Morgan fingerprint density at radius 1 is 0.950 bits per heavy atom. The van der Waals surface area contributed by atoms with E-state index in [9.17, 15) is 0 Å². The van der Waals surface area contributed by atoms with Gasteiger partial charge in [0.1, 0.15) is 0 Å². The third-order valence-corrected chi connectivity index (χ3v) is 5.38. The predicted molar refractivity (Wildman–Crippen MR) is 92.6 cm³/mol. The minimum Gasteiger partial charge on any atom is -0.0835 e. The van der Waals surface area contributed by atoms with Crippen LogP contribution in [0.4, 0.5) is 0 Å². The summed E-state index contributed by atoms with van der Waals surface area (Å²) in [5.74, 6) is 0. The number of halogens is 2. The Morgan fingerprint density at radius 3 is 2.55 bits per heavy atom. The Kier molecular flexibility index (Phi) is 4.62. The molecular weight excluding hydrogens is 376 g/mol. The zero-order valence-corrected chi connectivity index (χ0v) is 14.6. The SMILES string of the molecule is Brc1cccc(CC(Br)c2ccc3c(c2)CCCC3)c1. The molecule has 1 aliphatic carbocycles. The zero-order chi connectivity index (χ0) is 13.9. The Hall–Kier alpha value is -0.600. The van der Waals surface area contributed by atoms with Gasteiger partial charge in [-0.2, -0.15) is 0 Å². The van der Waals surface area contributed by atoms with Crippen LogP contribution in [0.15, 0.2) is 46.9 Å². The number of aryl methyl sites for hydroxylation is 2. The summed E-state index contributed by atoms with van der Waals surface area (Å²) in [6, 6.07) is 15.6. The average molecular weight is 394 g/mol. The van der Waals surface area contributed by atoms with Gasteiger partial charge in [-0.05, 0) is 66.5 Å². The van der Waals surface area contributed by atoms with Gasteiger partial charge >= 0.3 is 0 Å². The highest BCUT2D eigenvalue weighted by Crippen LogP contribution is 2.31. The van der Waals surface area contributed by atoms with E-state index >= 15 is 0 Å². The van der Waals surface area contributed by atoms with E-state index in [4.69, 9.17) is 0 Å². The molecule has 1 aliphatic rings. The second kappa shape index (κ2) is 6.44. The van der Waals surface area contributed by atoms with Crippen molar-refractivity contribution in [2.75, 3.05) is 0 Å². The molecule has 0 aromatic heterocycles. The normalized spacial score (nSPS) is 15.7. The van der Waals surface area contributed by atoms with Crippen LogP contribution >= 0.6 is 31.9 Å². The molecular formula is C18H18Br2. The molecule has 3 rings (SSSR count). The monoisotopic (exact) mass is 392 g/mol. The molecule has 0 heterocycles. The molecule has 1 atom stereocenters. The van der Waals surface area contributed by atoms with Gasteiger partial charge in [-0.1, -0.05) is 62.2 Å². The van der Waals surface area contributed by atoms with Crippen LogP contribution in [0.3, 0.4) is 0 Å². The van der Waals surface area contributed by atoms with Gasteiger partial charge in [0.05, 0.1) is 0 Å². The predicted octanol–water partition coefficient (Wildman–Crippen LogP) is 6.01. The van der Waals surface area contributed by atoms with Crippen molar-refractivity contribution >= 4 is 31.9 Å². The summed E-state index contributed by atoms with van der Waals surface area (Å²) in [6.45, 7) is 0. The van der Waals surface area contributed by atoms with Gasteiger partial charge in [-0.3, -0.25) is 0 Å². The summed E-state index contributed by atoms with van der Waals surface area (Å²) in [6.07, 6.45) is 6.23. The maximum Gasteiger partial charge on any atom is 0.0435 e. The molecule has 0 radical (unpaired) electrons. The Morgan fingerprint density at radius 2 is 1.75 bits per heavy atom. The molecule has 20 heavy (non-hydrogen) atoms. The molecule has 1 unspecified atom stereocenters. The number of fused-ring (bicyclic) bond motifs is 1. The molecule has 104 valence electrons. The second-order valence-electron chi connectivity index (χ2n) is 5.54. The molecule has 0 aliphatic heterocycles. The number of rotatable bonds is 3. The van der Waals surface area contributed by atoms with Gasteiger partial charge < -0.3 is 0 Å². The molecule has 0 bridgehead atoms. The summed E-state index contributed by atoms with van der Waals surface area (Å²) >= 11 is 7.40. The van der Waals surface area contributed by atoms with Crippen LogP contribution in [-0.2, 0) is 19.3 Å². The van der Waals surface area contributed by atoms with Crippen LogP contribution in [0.5, 0.6) is 0 Å². The maximum absolute atomic E-state index is 3.86. The highest BCUT2D eigenvalue weighted by molar-refractivity contribution is 9.10. The molecule has 0 nitrogen and oxygen atoms in total. The standard InChI is InChI=1S/C18H18Br2/c19-17-7-3-4-13(10-17)11-18(20)16-9-8-14-5-1-2-6-15(14)12-16/h3-4,7-10,12,18H,1-2,5-6,11H2. The molecule has 0 amide bonds. The first kappa shape index (κ1) is 14.3. The third kappa shape index (κ3) is 3.35. The summed E-state index contributed by atoms with van der Waals surface area (Å²) in [7, 11) is 0. The van der Waals surface area contributed by atoms with E-state index in [1.54, 1.807) is 11.1 Å². The minimum atomic E-state index is 0.393. The fourth-order valence-corrected chi connectivity index (χ4v) is 4.04. The van der Waals surface area contributed by atoms with Crippen molar-refractivity contribution in [3.05, 3.63) is 69.2 Å². The van der Waals surface area contributed by atoms with Gasteiger partial charge in [-0.25, -0.2) is 0 Å².